The summed E-state index contributed by atoms with van der Waals surface area (Å²) < 4.78 is 0. The van der Waals surface area contributed by atoms with Crippen LogP contribution in [0, 0.1) is 0 Å². The van der Waals surface area contributed by atoms with Crippen molar-refractivity contribution in [3.05, 3.63) is 36.5 Å². The fourth-order valence-electron chi connectivity index (χ4n) is 2.16. The number of aromatic nitrogens is 1. The lowest BCUT2D eigenvalue weighted by atomic mass is 10.2. The lowest BCUT2D eigenvalue weighted by Gasteiger charge is -2.08. The number of anilines is 1. The van der Waals surface area contributed by atoms with Crippen LogP contribution >= 0.6 is 23.7 Å². The molecular formula is C14H16ClN3OS. The smallest absolute Gasteiger partial charge is 0.242 e. The zero-order valence-electron chi connectivity index (χ0n) is 10.8. The van der Waals surface area contributed by atoms with Gasteiger partial charge in [-0.3, -0.25) is 4.79 Å². The summed E-state index contributed by atoms with van der Waals surface area (Å²) in [5.74, 6) is 0.0424. The van der Waals surface area contributed by atoms with Crippen molar-refractivity contribution in [3.63, 3.8) is 0 Å². The monoisotopic (exact) mass is 309 g/mol. The van der Waals surface area contributed by atoms with Crippen LogP contribution in [0.3, 0.4) is 0 Å². The van der Waals surface area contributed by atoms with Gasteiger partial charge in [-0.2, -0.15) is 0 Å². The predicted octanol–water partition coefficient (Wildman–Crippen LogP) is 2.92. The van der Waals surface area contributed by atoms with E-state index in [4.69, 9.17) is 0 Å². The molecule has 1 fully saturated rings. The van der Waals surface area contributed by atoms with Gasteiger partial charge >= 0.3 is 0 Å². The summed E-state index contributed by atoms with van der Waals surface area (Å²) in [6.07, 6.45) is 3.70. The van der Waals surface area contributed by atoms with Gasteiger partial charge in [-0.1, -0.05) is 41.7 Å². The Hall–Kier alpha value is -1.43. The molecule has 6 heteroatoms. The molecule has 1 unspecified atom stereocenters. The van der Waals surface area contributed by atoms with Crippen molar-refractivity contribution in [2.45, 2.75) is 18.9 Å². The Morgan fingerprint density at radius 1 is 1.35 bits per heavy atom. The van der Waals surface area contributed by atoms with Crippen molar-refractivity contribution < 1.29 is 4.79 Å². The maximum atomic E-state index is 12.0. The highest BCUT2D eigenvalue weighted by Gasteiger charge is 2.22. The first-order chi connectivity index (χ1) is 9.33. The topological polar surface area (TPSA) is 54.0 Å². The molecule has 0 saturated carbocycles. The number of nitrogens with one attached hydrogen (secondary N) is 2. The highest BCUT2D eigenvalue weighted by Crippen LogP contribution is 2.28. The van der Waals surface area contributed by atoms with Crippen LogP contribution in [0.25, 0.3) is 10.6 Å². The number of nitrogens with zero attached hydrogens (tertiary/aromatic N) is 1. The number of amides is 1. The summed E-state index contributed by atoms with van der Waals surface area (Å²) in [6.45, 7) is 0.927. The molecule has 1 aromatic carbocycles. The predicted molar refractivity (Wildman–Crippen MR) is 84.5 cm³/mol. The molecule has 2 aromatic rings. The van der Waals surface area contributed by atoms with Crippen molar-refractivity contribution in [1.29, 1.82) is 0 Å². The zero-order chi connectivity index (χ0) is 13.1. The molecule has 0 aliphatic carbocycles. The minimum atomic E-state index is -0.0534. The molecule has 0 bridgehead atoms. The second-order valence-electron chi connectivity index (χ2n) is 4.53. The summed E-state index contributed by atoms with van der Waals surface area (Å²) in [7, 11) is 0. The van der Waals surface area contributed by atoms with E-state index in [0.717, 1.165) is 35.0 Å². The molecule has 1 aliphatic rings. The number of rotatable bonds is 3. The zero-order valence-corrected chi connectivity index (χ0v) is 12.5. The minimum absolute atomic E-state index is 0. The Morgan fingerprint density at radius 2 is 2.15 bits per heavy atom. The van der Waals surface area contributed by atoms with E-state index >= 15 is 0 Å². The van der Waals surface area contributed by atoms with Crippen LogP contribution in [0.1, 0.15) is 12.8 Å². The van der Waals surface area contributed by atoms with Gasteiger partial charge < -0.3 is 10.6 Å². The molecule has 2 heterocycles. The Morgan fingerprint density at radius 3 is 2.85 bits per heavy atom. The third-order valence-electron chi connectivity index (χ3n) is 3.15. The fraction of sp³-hybridized carbons (Fsp3) is 0.286. The van der Waals surface area contributed by atoms with E-state index in [2.05, 4.69) is 15.6 Å². The number of halogens is 1. The molecule has 1 aromatic heterocycles. The second kappa shape index (κ2) is 6.83. The van der Waals surface area contributed by atoms with Gasteiger partial charge in [0.2, 0.25) is 5.91 Å². The Kier molecular flexibility index (Phi) is 5.11. The molecule has 0 radical (unpaired) electrons. The molecule has 3 rings (SSSR count). The first-order valence-corrected chi connectivity index (χ1v) is 7.20. The van der Waals surface area contributed by atoms with E-state index in [0.29, 0.717) is 0 Å². The third kappa shape index (κ3) is 3.36. The van der Waals surface area contributed by atoms with Crippen LogP contribution < -0.4 is 10.6 Å². The van der Waals surface area contributed by atoms with Crippen LogP contribution in [0.2, 0.25) is 0 Å². The van der Waals surface area contributed by atoms with Gasteiger partial charge in [-0.25, -0.2) is 4.98 Å². The minimum Gasteiger partial charge on any atom is -0.315 e. The van der Waals surface area contributed by atoms with Crippen molar-refractivity contribution in [3.8, 4) is 10.6 Å². The number of carbonyl (C=O) groups is 1. The molecule has 1 aliphatic heterocycles. The van der Waals surface area contributed by atoms with Gasteiger partial charge in [-0.15, -0.1) is 12.4 Å². The maximum absolute atomic E-state index is 12.0. The molecule has 2 N–H and O–H groups in total. The number of hydrogen-bond donors (Lipinski definition) is 2. The molecule has 106 valence electrons. The van der Waals surface area contributed by atoms with Crippen LogP contribution in [0.15, 0.2) is 36.5 Å². The molecule has 1 atom stereocenters. The first-order valence-electron chi connectivity index (χ1n) is 6.38. The van der Waals surface area contributed by atoms with E-state index in [1.807, 2.05) is 30.3 Å². The van der Waals surface area contributed by atoms with Crippen molar-refractivity contribution in [2.24, 2.45) is 0 Å². The van der Waals surface area contributed by atoms with Gasteiger partial charge in [0, 0.05) is 5.56 Å². The second-order valence-corrected chi connectivity index (χ2v) is 5.56. The normalized spacial score (nSPS) is 17.5. The fourth-order valence-corrected chi connectivity index (χ4v) is 2.99. The summed E-state index contributed by atoms with van der Waals surface area (Å²) >= 11 is 1.50. The number of thiazole rings is 1. The molecule has 0 spiro atoms. The van der Waals surface area contributed by atoms with Crippen molar-refractivity contribution in [1.82, 2.24) is 10.3 Å². The van der Waals surface area contributed by atoms with Gasteiger partial charge in [0.05, 0.1) is 12.2 Å². The van der Waals surface area contributed by atoms with E-state index in [1.165, 1.54) is 11.3 Å². The van der Waals surface area contributed by atoms with Gasteiger partial charge in [-0.05, 0) is 19.4 Å². The van der Waals surface area contributed by atoms with Gasteiger partial charge in [0.1, 0.15) is 10.0 Å². The maximum Gasteiger partial charge on any atom is 0.242 e. The van der Waals surface area contributed by atoms with Crippen LogP contribution in [0.4, 0.5) is 5.00 Å². The van der Waals surface area contributed by atoms with Crippen molar-refractivity contribution >= 4 is 34.7 Å². The molecule has 1 saturated heterocycles. The van der Waals surface area contributed by atoms with E-state index in [-0.39, 0.29) is 24.4 Å². The number of hydrogen-bond acceptors (Lipinski definition) is 4. The van der Waals surface area contributed by atoms with Gasteiger partial charge in [0.15, 0.2) is 0 Å². The lowest BCUT2D eigenvalue weighted by Crippen LogP contribution is -2.35. The SMILES string of the molecule is Cl.O=C(Nc1cnc(-c2ccccc2)s1)C1CCCN1. The summed E-state index contributed by atoms with van der Waals surface area (Å²) in [4.78, 5) is 16.3. The van der Waals surface area contributed by atoms with E-state index in [9.17, 15) is 4.79 Å². The number of benzene rings is 1. The highest BCUT2D eigenvalue weighted by molar-refractivity contribution is 7.19. The lowest BCUT2D eigenvalue weighted by molar-refractivity contribution is -0.117. The quantitative estimate of drug-likeness (QED) is 0.916. The summed E-state index contributed by atoms with van der Waals surface area (Å²) in [5, 5.41) is 7.85. The highest BCUT2D eigenvalue weighted by atomic mass is 35.5. The van der Waals surface area contributed by atoms with E-state index < -0.39 is 0 Å². The first kappa shape index (κ1) is 15.0. The third-order valence-corrected chi connectivity index (χ3v) is 4.11. The van der Waals surface area contributed by atoms with Crippen molar-refractivity contribution in [2.75, 3.05) is 11.9 Å². The number of carbonyl (C=O) groups excluding carboxylic acids is 1. The molecule has 1 amide bonds. The van der Waals surface area contributed by atoms with Crippen LogP contribution in [-0.4, -0.2) is 23.5 Å². The van der Waals surface area contributed by atoms with Crippen LogP contribution in [0.5, 0.6) is 0 Å². The molecule has 20 heavy (non-hydrogen) atoms. The summed E-state index contributed by atoms with van der Waals surface area (Å²) in [5.41, 5.74) is 1.08. The summed E-state index contributed by atoms with van der Waals surface area (Å²) in [6, 6.07) is 9.93. The van der Waals surface area contributed by atoms with E-state index in [1.54, 1.807) is 6.20 Å². The molecule has 4 nitrogen and oxygen atoms in total. The van der Waals surface area contributed by atoms with Crippen LogP contribution in [-0.2, 0) is 4.79 Å². The van der Waals surface area contributed by atoms with Gasteiger partial charge in [0.25, 0.3) is 0 Å². The molecular weight excluding hydrogens is 294 g/mol. The average Bonchev–Trinajstić information content (AvgIpc) is 3.11. The Labute approximate surface area is 128 Å². The largest absolute Gasteiger partial charge is 0.315 e. The standard InChI is InChI=1S/C14H15N3OS.ClH/c18-13(11-7-4-8-15-11)17-12-9-16-14(19-12)10-5-2-1-3-6-10;/h1-3,5-6,9,11,15H,4,7-8H2,(H,17,18);1H. The Balaban J connectivity index is 0.00000147. The average molecular weight is 310 g/mol. The Bertz CT molecular complexity index is 567.